The van der Waals surface area contributed by atoms with Crippen molar-refractivity contribution in [1.29, 1.82) is 0 Å². The van der Waals surface area contributed by atoms with Crippen molar-refractivity contribution < 1.29 is 5.11 Å². The highest BCUT2D eigenvalue weighted by Crippen LogP contribution is 2.27. The Bertz CT molecular complexity index is 323. The molecule has 0 bridgehead atoms. The topological polar surface area (TPSA) is 46.2 Å². The first-order valence-corrected chi connectivity index (χ1v) is 5.00. The Morgan fingerprint density at radius 1 is 1.43 bits per heavy atom. The third-order valence-corrected chi connectivity index (χ3v) is 2.55. The van der Waals surface area contributed by atoms with Crippen LogP contribution >= 0.6 is 11.6 Å². The van der Waals surface area contributed by atoms with Crippen LogP contribution in [0.2, 0.25) is 5.02 Å². The lowest BCUT2D eigenvalue weighted by molar-refractivity contribution is 0.376. The van der Waals surface area contributed by atoms with E-state index in [0.717, 1.165) is 12.0 Å². The van der Waals surface area contributed by atoms with Crippen molar-refractivity contribution in [2.45, 2.75) is 20.3 Å². The van der Waals surface area contributed by atoms with Crippen molar-refractivity contribution in [3.63, 3.8) is 0 Å². The zero-order valence-electron chi connectivity index (χ0n) is 8.55. The third-order valence-electron chi connectivity index (χ3n) is 2.25. The summed E-state index contributed by atoms with van der Waals surface area (Å²) in [5, 5.41) is 9.64. The molecule has 14 heavy (non-hydrogen) atoms. The Morgan fingerprint density at radius 3 is 2.57 bits per heavy atom. The summed E-state index contributed by atoms with van der Waals surface area (Å²) in [4.78, 5) is 0. The van der Waals surface area contributed by atoms with Crippen LogP contribution in [0.25, 0.3) is 0 Å². The van der Waals surface area contributed by atoms with Crippen molar-refractivity contribution in [2.24, 2.45) is 11.1 Å². The van der Waals surface area contributed by atoms with E-state index < -0.39 is 0 Å². The molecule has 0 atom stereocenters. The molecule has 1 rings (SSSR count). The van der Waals surface area contributed by atoms with Crippen LogP contribution in [0, 0.1) is 5.41 Å². The van der Waals surface area contributed by atoms with E-state index in [1.807, 2.05) is 6.07 Å². The largest absolute Gasteiger partial charge is 0.506 e. The van der Waals surface area contributed by atoms with E-state index in [4.69, 9.17) is 17.3 Å². The van der Waals surface area contributed by atoms with E-state index in [-0.39, 0.29) is 11.2 Å². The van der Waals surface area contributed by atoms with Gasteiger partial charge in [0, 0.05) is 0 Å². The molecule has 1 aromatic rings. The number of benzene rings is 1. The lowest BCUT2D eigenvalue weighted by atomic mass is 9.86. The van der Waals surface area contributed by atoms with Gasteiger partial charge in [0.25, 0.3) is 0 Å². The maximum atomic E-state index is 9.24. The van der Waals surface area contributed by atoms with E-state index in [1.54, 1.807) is 12.1 Å². The fourth-order valence-electron chi connectivity index (χ4n) is 1.29. The lowest BCUT2D eigenvalue weighted by Gasteiger charge is -2.22. The molecule has 0 fully saturated rings. The van der Waals surface area contributed by atoms with Crippen molar-refractivity contribution >= 4 is 11.6 Å². The van der Waals surface area contributed by atoms with E-state index in [9.17, 15) is 5.11 Å². The molecule has 0 aliphatic heterocycles. The molecule has 78 valence electrons. The fraction of sp³-hybridized carbons (Fsp3) is 0.455. The van der Waals surface area contributed by atoms with Gasteiger partial charge in [-0.25, -0.2) is 0 Å². The number of phenolic OH excluding ortho intramolecular Hbond substituents is 1. The van der Waals surface area contributed by atoms with Gasteiger partial charge in [0.05, 0.1) is 5.02 Å². The Morgan fingerprint density at radius 2 is 2.07 bits per heavy atom. The third kappa shape index (κ3) is 2.89. The van der Waals surface area contributed by atoms with Gasteiger partial charge in [-0.1, -0.05) is 31.5 Å². The molecule has 0 spiro atoms. The molecule has 0 radical (unpaired) electrons. The highest BCUT2D eigenvalue weighted by molar-refractivity contribution is 6.32. The monoisotopic (exact) mass is 213 g/mol. The molecular weight excluding hydrogens is 198 g/mol. The predicted molar refractivity (Wildman–Crippen MR) is 59.7 cm³/mol. The van der Waals surface area contributed by atoms with E-state index in [2.05, 4.69) is 13.8 Å². The smallest absolute Gasteiger partial charge is 0.134 e. The summed E-state index contributed by atoms with van der Waals surface area (Å²) in [6.45, 7) is 4.84. The highest BCUT2D eigenvalue weighted by atomic mass is 35.5. The second-order valence-corrected chi connectivity index (χ2v) is 4.74. The zero-order valence-corrected chi connectivity index (χ0v) is 9.30. The average molecular weight is 214 g/mol. The van der Waals surface area contributed by atoms with Gasteiger partial charge >= 0.3 is 0 Å². The summed E-state index contributed by atoms with van der Waals surface area (Å²) < 4.78 is 0. The molecule has 0 amide bonds. The molecule has 3 N–H and O–H groups in total. The highest BCUT2D eigenvalue weighted by Gasteiger charge is 2.16. The Kier molecular flexibility index (Phi) is 3.40. The first-order valence-electron chi connectivity index (χ1n) is 4.62. The number of rotatable bonds is 3. The number of hydrogen-bond acceptors (Lipinski definition) is 2. The summed E-state index contributed by atoms with van der Waals surface area (Å²) >= 11 is 5.80. The van der Waals surface area contributed by atoms with Crippen molar-refractivity contribution in [1.82, 2.24) is 0 Å². The summed E-state index contributed by atoms with van der Waals surface area (Å²) in [6, 6.07) is 5.27. The average Bonchev–Trinajstić information content (AvgIpc) is 2.11. The Labute approximate surface area is 89.7 Å². The standard InChI is InChI=1S/C11H16ClNO/c1-11(2,7-13)6-8-3-4-10(14)9(12)5-8/h3-5,14H,6-7,13H2,1-2H3. The van der Waals surface area contributed by atoms with Gasteiger partial charge in [-0.2, -0.15) is 0 Å². The van der Waals surface area contributed by atoms with Crippen molar-refractivity contribution in [3.8, 4) is 5.75 Å². The predicted octanol–water partition coefficient (Wildman–Crippen LogP) is 2.57. The Balaban J connectivity index is 2.83. The van der Waals surface area contributed by atoms with Crippen LogP contribution in [0.15, 0.2) is 18.2 Å². The number of phenols is 1. The minimum absolute atomic E-state index is 0.0697. The SMILES string of the molecule is CC(C)(CN)Cc1ccc(O)c(Cl)c1. The molecule has 2 nitrogen and oxygen atoms in total. The molecule has 0 aromatic heterocycles. The maximum absolute atomic E-state index is 9.24. The normalized spacial score (nSPS) is 11.7. The van der Waals surface area contributed by atoms with Gasteiger partial charge in [0.2, 0.25) is 0 Å². The summed E-state index contributed by atoms with van der Waals surface area (Å²) in [6.07, 6.45) is 0.865. The number of halogens is 1. The van der Waals surface area contributed by atoms with Crippen LogP contribution < -0.4 is 5.73 Å². The van der Waals surface area contributed by atoms with Gasteiger partial charge in [-0.15, -0.1) is 0 Å². The quantitative estimate of drug-likeness (QED) is 0.811. The first-order chi connectivity index (χ1) is 6.44. The second kappa shape index (κ2) is 4.20. The van der Waals surface area contributed by atoms with E-state index in [0.29, 0.717) is 11.6 Å². The summed E-state index contributed by atoms with van der Waals surface area (Å²) in [7, 11) is 0. The van der Waals surface area contributed by atoms with Crippen LogP contribution in [0.4, 0.5) is 0 Å². The molecule has 0 saturated heterocycles. The number of hydrogen-bond donors (Lipinski definition) is 2. The van der Waals surface area contributed by atoms with Crippen molar-refractivity contribution in [3.05, 3.63) is 28.8 Å². The van der Waals surface area contributed by atoms with E-state index >= 15 is 0 Å². The van der Waals surface area contributed by atoms with Crippen molar-refractivity contribution in [2.75, 3.05) is 6.54 Å². The van der Waals surface area contributed by atoms with Crippen LogP contribution in [0.5, 0.6) is 5.75 Å². The molecule has 0 saturated carbocycles. The summed E-state index contributed by atoms with van der Waals surface area (Å²) in [5.74, 6) is 0.126. The minimum Gasteiger partial charge on any atom is -0.506 e. The Hall–Kier alpha value is -0.730. The zero-order chi connectivity index (χ0) is 10.8. The second-order valence-electron chi connectivity index (χ2n) is 4.33. The fourth-order valence-corrected chi connectivity index (χ4v) is 1.49. The van der Waals surface area contributed by atoms with Crippen LogP contribution in [-0.4, -0.2) is 11.7 Å². The maximum Gasteiger partial charge on any atom is 0.134 e. The van der Waals surface area contributed by atoms with Gasteiger partial charge in [-0.05, 0) is 36.1 Å². The van der Waals surface area contributed by atoms with Gasteiger partial charge < -0.3 is 10.8 Å². The van der Waals surface area contributed by atoms with Gasteiger partial charge in [0.15, 0.2) is 0 Å². The number of nitrogens with two attached hydrogens (primary N) is 1. The molecular formula is C11H16ClNO. The minimum atomic E-state index is 0.0697. The van der Waals surface area contributed by atoms with Gasteiger partial charge in [-0.3, -0.25) is 0 Å². The molecule has 1 aromatic carbocycles. The first kappa shape index (κ1) is 11.3. The molecule has 0 aliphatic rings. The molecule has 0 unspecified atom stereocenters. The van der Waals surface area contributed by atoms with E-state index in [1.165, 1.54) is 0 Å². The summed E-state index contributed by atoms with van der Waals surface area (Å²) in [5.41, 5.74) is 6.81. The lowest BCUT2D eigenvalue weighted by Crippen LogP contribution is -2.25. The van der Waals surface area contributed by atoms with Crippen LogP contribution in [0.3, 0.4) is 0 Å². The number of aromatic hydroxyl groups is 1. The van der Waals surface area contributed by atoms with Crippen LogP contribution in [-0.2, 0) is 6.42 Å². The molecule has 0 heterocycles. The van der Waals surface area contributed by atoms with Gasteiger partial charge in [0.1, 0.15) is 5.75 Å². The molecule has 3 heteroatoms. The van der Waals surface area contributed by atoms with Crippen LogP contribution in [0.1, 0.15) is 19.4 Å². The molecule has 0 aliphatic carbocycles.